The number of imide groups is 1. The number of thioether (sulfide) groups is 1. The molecule has 27 heavy (non-hydrogen) atoms. The van der Waals surface area contributed by atoms with Crippen LogP contribution in [0.3, 0.4) is 0 Å². The summed E-state index contributed by atoms with van der Waals surface area (Å²) in [5.41, 5.74) is 0.731. The van der Waals surface area contributed by atoms with Gasteiger partial charge in [0.2, 0.25) is 5.91 Å². The van der Waals surface area contributed by atoms with Crippen LogP contribution in [0.15, 0.2) is 29.4 Å². The number of aromatic nitrogens is 3. The predicted octanol–water partition coefficient (Wildman–Crippen LogP) is 2.87. The van der Waals surface area contributed by atoms with E-state index < -0.39 is 6.03 Å². The lowest BCUT2D eigenvalue weighted by atomic mass is 9.96. The van der Waals surface area contributed by atoms with Gasteiger partial charge < -0.3 is 9.88 Å². The molecule has 7 nitrogen and oxygen atoms in total. The van der Waals surface area contributed by atoms with Crippen LogP contribution in [0.1, 0.15) is 32.1 Å². The Morgan fingerprint density at radius 3 is 2.59 bits per heavy atom. The molecule has 1 heterocycles. The number of hydrogen-bond acceptors (Lipinski definition) is 5. The highest BCUT2D eigenvalue weighted by Gasteiger charge is 2.18. The van der Waals surface area contributed by atoms with Gasteiger partial charge in [0.05, 0.1) is 5.75 Å². The van der Waals surface area contributed by atoms with Gasteiger partial charge in [-0.15, -0.1) is 10.2 Å². The number of nitrogens with zero attached hydrogens (tertiary/aromatic N) is 3. The van der Waals surface area contributed by atoms with Crippen molar-refractivity contribution in [2.75, 3.05) is 5.75 Å². The molecule has 144 valence electrons. The molecule has 0 unspecified atom stereocenters. The second-order valence-corrected chi connectivity index (χ2v) is 7.46. The first-order valence-corrected chi connectivity index (χ1v) is 9.90. The molecule has 0 saturated heterocycles. The zero-order valence-electron chi connectivity index (χ0n) is 15.1. The third-order valence-electron chi connectivity index (χ3n) is 4.46. The van der Waals surface area contributed by atoms with Crippen molar-refractivity contribution in [3.05, 3.63) is 30.1 Å². The van der Waals surface area contributed by atoms with Crippen molar-refractivity contribution in [2.24, 2.45) is 7.05 Å². The molecule has 1 aliphatic rings. The Balaban J connectivity index is 1.50. The van der Waals surface area contributed by atoms with E-state index >= 15 is 0 Å². The SMILES string of the molecule is Cn1c(SCC(=O)NC(=O)NC2CCCCC2)nnc1-c1ccc(F)cc1. The van der Waals surface area contributed by atoms with Crippen LogP contribution in [0.4, 0.5) is 9.18 Å². The van der Waals surface area contributed by atoms with E-state index in [0.29, 0.717) is 11.0 Å². The van der Waals surface area contributed by atoms with Crippen LogP contribution in [-0.2, 0) is 11.8 Å². The van der Waals surface area contributed by atoms with Crippen LogP contribution in [0.25, 0.3) is 11.4 Å². The number of amides is 3. The number of carbonyl (C=O) groups is 2. The van der Waals surface area contributed by atoms with Crippen molar-refractivity contribution in [1.82, 2.24) is 25.4 Å². The van der Waals surface area contributed by atoms with Gasteiger partial charge in [-0.1, -0.05) is 31.0 Å². The molecule has 0 bridgehead atoms. The van der Waals surface area contributed by atoms with Gasteiger partial charge in [-0.2, -0.15) is 0 Å². The molecule has 1 aromatic heterocycles. The maximum atomic E-state index is 13.0. The van der Waals surface area contributed by atoms with Crippen molar-refractivity contribution in [1.29, 1.82) is 0 Å². The van der Waals surface area contributed by atoms with Crippen LogP contribution in [0.2, 0.25) is 0 Å². The van der Waals surface area contributed by atoms with Gasteiger partial charge >= 0.3 is 6.03 Å². The Bertz CT molecular complexity index is 803. The van der Waals surface area contributed by atoms with Crippen molar-refractivity contribution in [3.63, 3.8) is 0 Å². The zero-order chi connectivity index (χ0) is 19.2. The van der Waals surface area contributed by atoms with E-state index in [1.807, 2.05) is 0 Å². The fraction of sp³-hybridized carbons (Fsp3) is 0.444. The number of nitrogens with one attached hydrogen (secondary N) is 2. The Morgan fingerprint density at radius 2 is 1.89 bits per heavy atom. The molecule has 9 heteroatoms. The molecular weight excluding hydrogens is 369 g/mol. The second-order valence-electron chi connectivity index (χ2n) is 6.52. The number of urea groups is 1. The maximum Gasteiger partial charge on any atom is 0.321 e. The zero-order valence-corrected chi connectivity index (χ0v) is 15.9. The van der Waals surface area contributed by atoms with Crippen molar-refractivity contribution < 1.29 is 14.0 Å². The van der Waals surface area contributed by atoms with Crippen molar-refractivity contribution in [3.8, 4) is 11.4 Å². The Kier molecular flexibility index (Phi) is 6.44. The summed E-state index contributed by atoms with van der Waals surface area (Å²) in [4.78, 5) is 23.9. The summed E-state index contributed by atoms with van der Waals surface area (Å²) >= 11 is 1.19. The molecule has 3 rings (SSSR count). The quantitative estimate of drug-likeness (QED) is 0.765. The number of benzene rings is 1. The fourth-order valence-electron chi connectivity index (χ4n) is 3.05. The van der Waals surface area contributed by atoms with Crippen molar-refractivity contribution in [2.45, 2.75) is 43.3 Å². The Labute approximate surface area is 161 Å². The highest BCUT2D eigenvalue weighted by Crippen LogP contribution is 2.22. The number of halogens is 1. The molecule has 1 aliphatic carbocycles. The third-order valence-corrected chi connectivity index (χ3v) is 5.48. The van der Waals surface area contributed by atoms with E-state index in [9.17, 15) is 14.0 Å². The van der Waals surface area contributed by atoms with E-state index in [-0.39, 0.29) is 23.5 Å². The van der Waals surface area contributed by atoms with E-state index in [4.69, 9.17) is 0 Å². The van der Waals surface area contributed by atoms with Crippen molar-refractivity contribution >= 4 is 23.7 Å². The van der Waals surface area contributed by atoms with Crippen LogP contribution in [0.5, 0.6) is 0 Å². The number of carbonyl (C=O) groups excluding carboxylic acids is 2. The summed E-state index contributed by atoms with van der Waals surface area (Å²) in [6.07, 6.45) is 5.34. The molecule has 2 aromatic rings. The predicted molar refractivity (Wildman–Crippen MR) is 101 cm³/mol. The first kappa shape index (κ1) is 19.3. The summed E-state index contributed by atoms with van der Waals surface area (Å²) in [6.45, 7) is 0. The monoisotopic (exact) mass is 391 g/mol. The third kappa shape index (κ3) is 5.29. The average molecular weight is 391 g/mol. The topological polar surface area (TPSA) is 88.9 Å². The molecule has 1 saturated carbocycles. The minimum absolute atomic E-state index is 0.0491. The van der Waals surface area contributed by atoms with Crippen LogP contribution in [0, 0.1) is 5.82 Å². The summed E-state index contributed by atoms with van der Waals surface area (Å²) in [5.74, 6) is -0.0840. The average Bonchev–Trinajstić information content (AvgIpc) is 3.02. The van der Waals surface area contributed by atoms with Crippen LogP contribution in [-0.4, -0.2) is 38.5 Å². The van der Waals surface area contributed by atoms with Gasteiger partial charge in [0.1, 0.15) is 5.82 Å². The molecular formula is C18H22FN5O2S. The molecule has 3 amide bonds. The first-order valence-electron chi connectivity index (χ1n) is 8.91. The van der Waals surface area contributed by atoms with Gasteiger partial charge in [-0.25, -0.2) is 9.18 Å². The Morgan fingerprint density at radius 1 is 1.19 bits per heavy atom. The number of hydrogen-bond donors (Lipinski definition) is 2. The lowest BCUT2D eigenvalue weighted by Crippen LogP contribution is -2.45. The summed E-state index contributed by atoms with van der Waals surface area (Å²) in [6, 6.07) is 5.66. The number of rotatable bonds is 5. The van der Waals surface area contributed by atoms with Crippen LogP contribution >= 0.6 is 11.8 Å². The van der Waals surface area contributed by atoms with Crippen LogP contribution < -0.4 is 10.6 Å². The lowest BCUT2D eigenvalue weighted by Gasteiger charge is -2.22. The largest absolute Gasteiger partial charge is 0.335 e. The lowest BCUT2D eigenvalue weighted by molar-refractivity contribution is -0.117. The summed E-state index contributed by atoms with van der Waals surface area (Å²) in [7, 11) is 1.77. The summed E-state index contributed by atoms with van der Waals surface area (Å²) < 4.78 is 14.8. The maximum absolute atomic E-state index is 13.0. The minimum atomic E-state index is -0.447. The van der Waals surface area contributed by atoms with E-state index in [2.05, 4.69) is 20.8 Å². The Hall–Kier alpha value is -2.42. The molecule has 2 N–H and O–H groups in total. The molecule has 1 fully saturated rings. The van der Waals surface area contributed by atoms with Gasteiger partial charge in [0, 0.05) is 18.7 Å². The molecule has 0 spiro atoms. The van der Waals surface area contributed by atoms with E-state index in [1.165, 1.54) is 30.3 Å². The normalized spacial score (nSPS) is 14.7. The molecule has 0 radical (unpaired) electrons. The fourth-order valence-corrected chi connectivity index (χ4v) is 3.76. The molecule has 1 aromatic carbocycles. The smallest absolute Gasteiger partial charge is 0.321 e. The van der Waals surface area contributed by atoms with E-state index in [1.54, 1.807) is 23.7 Å². The minimum Gasteiger partial charge on any atom is -0.335 e. The highest BCUT2D eigenvalue weighted by molar-refractivity contribution is 7.99. The summed E-state index contributed by atoms with van der Waals surface area (Å²) in [5, 5.41) is 13.9. The highest BCUT2D eigenvalue weighted by atomic mass is 32.2. The van der Waals surface area contributed by atoms with Gasteiger partial charge in [0.25, 0.3) is 0 Å². The molecule has 0 atom stereocenters. The molecule has 0 aliphatic heterocycles. The standard InChI is InChI=1S/C18H22FN5O2S/c1-24-16(12-7-9-13(19)10-8-12)22-23-18(24)27-11-15(25)21-17(26)20-14-5-3-2-4-6-14/h7-10,14H,2-6,11H2,1H3,(H2,20,21,25,26). The second kappa shape index (κ2) is 8.98. The van der Waals surface area contributed by atoms with Gasteiger partial charge in [0.15, 0.2) is 11.0 Å². The van der Waals surface area contributed by atoms with E-state index in [0.717, 1.165) is 31.2 Å². The first-order chi connectivity index (χ1) is 13.0. The van der Waals surface area contributed by atoms with Gasteiger partial charge in [-0.3, -0.25) is 10.1 Å². The van der Waals surface area contributed by atoms with Gasteiger partial charge in [-0.05, 0) is 37.1 Å².